The predicted octanol–water partition coefficient (Wildman–Crippen LogP) is 3.40. The Kier molecular flexibility index (Phi) is 7.58. The molecule has 11 nitrogen and oxygen atoms in total. The topological polar surface area (TPSA) is 137 Å². The van der Waals surface area contributed by atoms with Gasteiger partial charge in [0.15, 0.2) is 5.76 Å². The third-order valence-corrected chi connectivity index (χ3v) is 7.86. The lowest BCUT2D eigenvalue weighted by Crippen LogP contribution is -2.46. The minimum Gasteiger partial charge on any atom is -0.502 e. The van der Waals surface area contributed by atoms with E-state index in [0.29, 0.717) is 42.6 Å². The molecule has 42 heavy (non-hydrogen) atoms. The summed E-state index contributed by atoms with van der Waals surface area (Å²) in [6.45, 7) is 2.43. The molecule has 1 saturated heterocycles. The molecule has 0 aliphatic carbocycles. The van der Waals surface area contributed by atoms with Crippen molar-refractivity contribution in [3.8, 4) is 17.5 Å². The van der Waals surface area contributed by atoms with Crippen molar-refractivity contribution in [1.82, 2.24) is 19.4 Å². The molecule has 216 valence electrons. The van der Waals surface area contributed by atoms with Crippen molar-refractivity contribution in [3.63, 3.8) is 0 Å². The monoisotopic (exact) mass is 570 g/mol. The first-order valence-corrected chi connectivity index (χ1v) is 13.8. The second-order valence-corrected chi connectivity index (χ2v) is 10.7. The van der Waals surface area contributed by atoms with Crippen LogP contribution in [-0.2, 0) is 22.6 Å². The maximum atomic E-state index is 13.0. The summed E-state index contributed by atoms with van der Waals surface area (Å²) in [5.41, 5.74) is 1.02. The second-order valence-electron chi connectivity index (χ2n) is 10.7. The molecule has 5 heterocycles. The highest BCUT2D eigenvalue weighted by Crippen LogP contribution is 2.37. The Hall–Kier alpha value is -4.77. The average Bonchev–Trinajstić information content (AvgIpc) is 2.99. The van der Waals surface area contributed by atoms with Crippen molar-refractivity contribution in [2.45, 2.75) is 37.8 Å². The molecular weight excluding hydrogens is 540 g/mol. The van der Waals surface area contributed by atoms with Gasteiger partial charge in [-0.2, -0.15) is 0 Å². The van der Waals surface area contributed by atoms with E-state index in [1.807, 2.05) is 10.6 Å². The van der Waals surface area contributed by atoms with Gasteiger partial charge >= 0.3 is 12.0 Å². The van der Waals surface area contributed by atoms with Crippen LogP contribution in [0.3, 0.4) is 0 Å². The molecule has 1 fully saturated rings. The maximum Gasteiger partial charge on any atom is 0.321 e. The van der Waals surface area contributed by atoms with Gasteiger partial charge in [0.1, 0.15) is 11.5 Å². The number of esters is 1. The molecule has 11 heteroatoms. The van der Waals surface area contributed by atoms with Gasteiger partial charge in [-0.05, 0) is 42.2 Å². The maximum absolute atomic E-state index is 13.0. The number of aromatic nitrogens is 3. The third kappa shape index (κ3) is 5.68. The fourth-order valence-corrected chi connectivity index (χ4v) is 6.06. The number of benzene rings is 1. The summed E-state index contributed by atoms with van der Waals surface area (Å²) in [7, 11) is 1.28. The molecule has 6 rings (SSSR count). The van der Waals surface area contributed by atoms with Gasteiger partial charge < -0.3 is 23.6 Å². The average molecular weight is 571 g/mol. The summed E-state index contributed by atoms with van der Waals surface area (Å²) < 4.78 is 18.8. The zero-order valence-corrected chi connectivity index (χ0v) is 23.0. The summed E-state index contributed by atoms with van der Waals surface area (Å²) in [4.78, 5) is 48.2. The van der Waals surface area contributed by atoms with E-state index < -0.39 is 23.1 Å². The smallest absolute Gasteiger partial charge is 0.321 e. The van der Waals surface area contributed by atoms with Gasteiger partial charge in [-0.15, -0.1) is 0 Å². The number of carbonyl (C=O) groups is 1. The van der Waals surface area contributed by atoms with E-state index in [9.17, 15) is 19.5 Å². The van der Waals surface area contributed by atoms with Gasteiger partial charge in [0.05, 0.1) is 26.0 Å². The SMILES string of the molecule is COC(=O)C[C@@H](c1cccc(Oc2ncccn2)c1)c1oc(CN2C[C@H]3C[C@@H](C2)c2cccc(=O)n2C3)cc(=O)c1O. The van der Waals surface area contributed by atoms with Crippen LogP contribution in [0.25, 0.3) is 0 Å². The molecule has 2 aliphatic rings. The van der Waals surface area contributed by atoms with Crippen molar-refractivity contribution in [1.29, 1.82) is 0 Å². The third-order valence-electron chi connectivity index (χ3n) is 7.86. The number of hydrogen-bond donors (Lipinski definition) is 1. The van der Waals surface area contributed by atoms with Crippen LogP contribution in [0.5, 0.6) is 17.5 Å². The van der Waals surface area contributed by atoms with Crippen molar-refractivity contribution < 1.29 is 23.8 Å². The number of aromatic hydroxyl groups is 1. The van der Waals surface area contributed by atoms with E-state index >= 15 is 0 Å². The summed E-state index contributed by atoms with van der Waals surface area (Å²) in [5, 5.41) is 10.9. The fourth-order valence-electron chi connectivity index (χ4n) is 6.06. The van der Waals surface area contributed by atoms with Crippen LogP contribution in [0.4, 0.5) is 0 Å². The Bertz CT molecular complexity index is 1720. The molecule has 1 aromatic carbocycles. The molecule has 4 aromatic rings. The number of fused-ring (bicyclic) bond motifs is 4. The number of rotatable bonds is 8. The first kappa shape index (κ1) is 27.4. The predicted molar refractivity (Wildman–Crippen MR) is 150 cm³/mol. The first-order chi connectivity index (χ1) is 20.4. The molecular formula is C31H30N4O7. The number of likely N-dealkylation sites (tertiary alicyclic amines) is 1. The highest BCUT2D eigenvalue weighted by Gasteiger charge is 2.35. The molecule has 1 N–H and O–H groups in total. The molecule has 0 saturated carbocycles. The lowest BCUT2D eigenvalue weighted by atomic mass is 9.83. The van der Waals surface area contributed by atoms with E-state index in [4.69, 9.17) is 13.9 Å². The van der Waals surface area contributed by atoms with Crippen LogP contribution in [0.1, 0.15) is 47.5 Å². The number of piperidine rings is 1. The Morgan fingerprint density at radius 1 is 1.07 bits per heavy atom. The Morgan fingerprint density at radius 3 is 2.69 bits per heavy atom. The second kappa shape index (κ2) is 11.6. The van der Waals surface area contributed by atoms with Crippen LogP contribution in [-0.4, -0.2) is 50.7 Å². The summed E-state index contributed by atoms with van der Waals surface area (Å²) in [6, 6.07) is 15.4. The van der Waals surface area contributed by atoms with Gasteiger partial charge in [0, 0.05) is 55.8 Å². The van der Waals surface area contributed by atoms with Crippen LogP contribution in [0.2, 0.25) is 0 Å². The molecule has 3 aromatic heterocycles. The van der Waals surface area contributed by atoms with Crippen molar-refractivity contribution >= 4 is 5.97 Å². The molecule has 0 amide bonds. The highest BCUT2D eigenvalue weighted by atomic mass is 16.5. The number of nitrogens with zero attached hydrogens (tertiary/aromatic N) is 4. The number of pyridine rings is 1. The van der Waals surface area contributed by atoms with E-state index in [2.05, 4.69) is 14.9 Å². The number of methoxy groups -OCH3 is 1. The molecule has 0 radical (unpaired) electrons. The van der Waals surface area contributed by atoms with Crippen molar-refractivity contribution in [3.05, 3.63) is 110 Å². The standard InChI is InChI=1S/C31H30N4O7/c1-40-28(38)14-24(20-5-2-6-22(12-20)42-31-32-9-4-10-33-31)30-29(39)26(36)13-23(41-30)18-34-15-19-11-21(17-34)25-7-3-8-27(37)35(25)16-19/h2-10,12-13,19,21,24,39H,11,14-18H2,1H3/t19-,21+,24+/m1/s1. The van der Waals surface area contributed by atoms with E-state index in [1.165, 1.54) is 13.2 Å². The first-order valence-electron chi connectivity index (χ1n) is 13.8. The molecule has 3 atom stereocenters. The Labute approximate surface area is 241 Å². The van der Waals surface area contributed by atoms with Crippen LogP contribution in [0, 0.1) is 5.92 Å². The van der Waals surface area contributed by atoms with Crippen LogP contribution in [0.15, 0.2) is 81.0 Å². The van der Waals surface area contributed by atoms with Crippen LogP contribution < -0.4 is 15.7 Å². The highest BCUT2D eigenvalue weighted by molar-refractivity contribution is 5.71. The minimum atomic E-state index is -0.829. The van der Waals surface area contributed by atoms with E-state index in [-0.39, 0.29) is 29.7 Å². The van der Waals surface area contributed by atoms with Crippen LogP contribution >= 0.6 is 0 Å². The van der Waals surface area contributed by atoms with E-state index in [0.717, 1.165) is 18.7 Å². The minimum absolute atomic E-state index is 0.0206. The number of ether oxygens (including phenoxy) is 2. The van der Waals surface area contributed by atoms with Gasteiger partial charge in [0.2, 0.25) is 11.2 Å². The van der Waals surface area contributed by atoms with Gasteiger partial charge in [-0.1, -0.05) is 18.2 Å². The number of carbonyl (C=O) groups excluding carboxylic acids is 1. The molecule has 0 unspecified atom stereocenters. The van der Waals surface area contributed by atoms with Gasteiger partial charge in [-0.3, -0.25) is 19.3 Å². The summed E-state index contributed by atoms with van der Waals surface area (Å²) in [6.07, 6.45) is 3.93. The normalized spacial score (nSPS) is 18.6. The largest absolute Gasteiger partial charge is 0.502 e. The van der Waals surface area contributed by atoms with Crippen molar-refractivity contribution in [2.75, 3.05) is 20.2 Å². The van der Waals surface area contributed by atoms with Crippen molar-refractivity contribution in [2.24, 2.45) is 5.92 Å². The lowest BCUT2D eigenvalue weighted by molar-refractivity contribution is -0.140. The van der Waals surface area contributed by atoms with E-state index in [1.54, 1.807) is 54.9 Å². The summed E-state index contributed by atoms with van der Waals surface area (Å²) >= 11 is 0. The Balaban J connectivity index is 1.30. The summed E-state index contributed by atoms with van der Waals surface area (Å²) in [5.74, 6) is -0.683. The fraction of sp³-hybridized carbons (Fsp3) is 0.323. The quantitative estimate of drug-likeness (QED) is 0.314. The molecule has 2 aliphatic heterocycles. The van der Waals surface area contributed by atoms with Gasteiger partial charge in [0.25, 0.3) is 5.56 Å². The number of hydrogen-bond acceptors (Lipinski definition) is 10. The zero-order chi connectivity index (χ0) is 29.2. The Morgan fingerprint density at radius 2 is 1.88 bits per heavy atom. The molecule has 2 bridgehead atoms. The molecule has 0 spiro atoms. The lowest BCUT2D eigenvalue weighted by Gasteiger charge is -2.42. The zero-order valence-electron chi connectivity index (χ0n) is 23.0. The van der Waals surface area contributed by atoms with Gasteiger partial charge in [-0.25, -0.2) is 9.97 Å².